The van der Waals surface area contributed by atoms with Crippen molar-refractivity contribution in [3.05, 3.63) is 48.6 Å². The molecule has 0 saturated carbocycles. The number of hydrogen-bond acceptors (Lipinski definition) is 6. The number of nitrogens with zero attached hydrogens (tertiary/aromatic N) is 5. The minimum Gasteiger partial charge on any atom is -0.375 e. The summed E-state index contributed by atoms with van der Waals surface area (Å²) >= 11 is 0. The molecule has 2 fully saturated rings. The lowest BCUT2D eigenvalue weighted by atomic mass is 9.84. The highest BCUT2D eigenvalue weighted by Crippen LogP contribution is 2.39. The van der Waals surface area contributed by atoms with Crippen molar-refractivity contribution in [3.8, 4) is 0 Å². The van der Waals surface area contributed by atoms with E-state index in [1.807, 2.05) is 17.3 Å². The Bertz CT molecular complexity index is 717. The fourth-order valence-corrected chi connectivity index (χ4v) is 3.88. The highest BCUT2D eigenvalue weighted by molar-refractivity contribution is 5.92. The first kappa shape index (κ1) is 16.1. The van der Waals surface area contributed by atoms with Crippen LogP contribution < -0.4 is 0 Å². The van der Waals surface area contributed by atoms with E-state index in [1.165, 1.54) is 6.20 Å². The van der Waals surface area contributed by atoms with E-state index < -0.39 is 0 Å². The molecule has 0 radical (unpaired) electrons. The van der Waals surface area contributed by atoms with E-state index in [1.54, 1.807) is 18.7 Å². The molecule has 0 N–H and O–H groups in total. The molecule has 0 aliphatic carbocycles. The average Bonchev–Trinajstić information content (AvgIpc) is 3.05. The van der Waals surface area contributed by atoms with Crippen LogP contribution >= 0.6 is 0 Å². The largest absolute Gasteiger partial charge is 0.375 e. The summed E-state index contributed by atoms with van der Waals surface area (Å²) in [6.07, 6.45) is 13.7. The summed E-state index contributed by atoms with van der Waals surface area (Å²) in [5.74, 6) is 0.451. The van der Waals surface area contributed by atoms with Gasteiger partial charge in [0, 0.05) is 37.9 Å². The van der Waals surface area contributed by atoms with E-state index in [9.17, 15) is 4.79 Å². The van der Waals surface area contributed by atoms with Crippen molar-refractivity contribution in [2.24, 2.45) is 5.92 Å². The second kappa shape index (κ2) is 6.84. The smallest absolute Gasteiger partial charge is 0.274 e. The molecule has 1 spiro atoms. The SMILES string of the molecule is O=C(c1cnccn1)N1CCC2(CC1)C[C@H](Cc1cncnc1)CO2. The van der Waals surface area contributed by atoms with Crippen LogP contribution in [0.1, 0.15) is 35.3 Å². The monoisotopic (exact) mass is 339 g/mol. The lowest BCUT2D eigenvalue weighted by Gasteiger charge is -2.38. The van der Waals surface area contributed by atoms with Crippen LogP contribution in [0.5, 0.6) is 0 Å². The van der Waals surface area contributed by atoms with E-state index in [0.29, 0.717) is 24.7 Å². The molecule has 1 atom stereocenters. The first-order chi connectivity index (χ1) is 12.2. The van der Waals surface area contributed by atoms with Gasteiger partial charge in [-0.05, 0) is 37.2 Å². The number of amides is 1. The van der Waals surface area contributed by atoms with Crippen LogP contribution in [0.15, 0.2) is 37.3 Å². The van der Waals surface area contributed by atoms with E-state index in [-0.39, 0.29) is 11.5 Å². The highest BCUT2D eigenvalue weighted by Gasteiger charge is 2.43. The summed E-state index contributed by atoms with van der Waals surface area (Å²) in [5, 5.41) is 0. The maximum absolute atomic E-state index is 12.5. The van der Waals surface area contributed by atoms with Gasteiger partial charge in [0.25, 0.3) is 5.91 Å². The lowest BCUT2D eigenvalue weighted by molar-refractivity contribution is -0.0391. The highest BCUT2D eigenvalue weighted by atomic mass is 16.5. The Kier molecular flexibility index (Phi) is 4.40. The van der Waals surface area contributed by atoms with Crippen LogP contribution in [0.2, 0.25) is 0 Å². The molecule has 4 rings (SSSR count). The molecule has 2 aromatic rings. The molecule has 0 aromatic carbocycles. The zero-order valence-corrected chi connectivity index (χ0v) is 14.0. The normalized spacial score (nSPS) is 22.2. The zero-order chi connectivity index (χ0) is 17.1. The summed E-state index contributed by atoms with van der Waals surface area (Å²) < 4.78 is 6.19. The van der Waals surface area contributed by atoms with Crippen molar-refractivity contribution in [1.29, 1.82) is 0 Å². The van der Waals surface area contributed by atoms with Gasteiger partial charge in [-0.2, -0.15) is 0 Å². The topological polar surface area (TPSA) is 81.1 Å². The molecule has 7 nitrogen and oxygen atoms in total. The van der Waals surface area contributed by atoms with Gasteiger partial charge in [-0.1, -0.05) is 0 Å². The Morgan fingerprint density at radius 1 is 1.16 bits per heavy atom. The molecule has 2 aliphatic heterocycles. The maximum atomic E-state index is 12.5. The van der Waals surface area contributed by atoms with Crippen molar-refractivity contribution in [2.75, 3.05) is 19.7 Å². The zero-order valence-electron chi connectivity index (χ0n) is 14.0. The minimum atomic E-state index is -0.0839. The van der Waals surface area contributed by atoms with Gasteiger partial charge in [0.15, 0.2) is 0 Å². The summed E-state index contributed by atoms with van der Waals surface area (Å²) in [6.45, 7) is 2.18. The van der Waals surface area contributed by atoms with Crippen molar-refractivity contribution in [1.82, 2.24) is 24.8 Å². The van der Waals surface area contributed by atoms with Crippen molar-refractivity contribution in [2.45, 2.75) is 31.3 Å². The van der Waals surface area contributed by atoms with Crippen LogP contribution in [-0.2, 0) is 11.2 Å². The predicted octanol–water partition coefficient (Wildman–Crippen LogP) is 1.52. The Balaban J connectivity index is 1.33. The molecule has 1 amide bonds. The number of aromatic nitrogens is 4. The second-order valence-corrected chi connectivity index (χ2v) is 6.90. The molecule has 130 valence electrons. The molecule has 0 unspecified atom stereocenters. The van der Waals surface area contributed by atoms with Crippen LogP contribution in [0.25, 0.3) is 0 Å². The van der Waals surface area contributed by atoms with E-state index in [2.05, 4.69) is 19.9 Å². The molecule has 2 aliphatic rings. The molecular formula is C18H21N5O2. The Morgan fingerprint density at radius 2 is 1.96 bits per heavy atom. The van der Waals surface area contributed by atoms with Crippen LogP contribution in [0.4, 0.5) is 0 Å². The number of hydrogen-bond donors (Lipinski definition) is 0. The van der Waals surface area contributed by atoms with Gasteiger partial charge in [-0.3, -0.25) is 9.78 Å². The fourth-order valence-electron chi connectivity index (χ4n) is 3.88. The Labute approximate surface area is 146 Å². The number of carbonyl (C=O) groups is 1. The van der Waals surface area contributed by atoms with Gasteiger partial charge in [0.05, 0.1) is 18.4 Å². The summed E-state index contributed by atoms with van der Waals surface area (Å²) in [7, 11) is 0. The lowest BCUT2D eigenvalue weighted by Crippen LogP contribution is -2.46. The standard InChI is InChI=1S/C18H21N5O2/c24-17(16-11-19-3-4-22-16)23-5-1-18(2-6-23)8-14(12-25-18)7-15-9-20-13-21-10-15/h3-4,9-11,13-14H,1-2,5-8,12H2/t14-/m0/s1. The molecule has 25 heavy (non-hydrogen) atoms. The van der Waals surface area contributed by atoms with Gasteiger partial charge in [0.1, 0.15) is 12.0 Å². The molecule has 2 saturated heterocycles. The quantitative estimate of drug-likeness (QED) is 0.843. The van der Waals surface area contributed by atoms with Gasteiger partial charge >= 0.3 is 0 Å². The minimum absolute atomic E-state index is 0.0427. The van der Waals surface area contributed by atoms with Crippen molar-refractivity contribution in [3.63, 3.8) is 0 Å². The summed E-state index contributed by atoms with van der Waals surface area (Å²) in [4.78, 5) is 30.6. The van der Waals surface area contributed by atoms with Crippen molar-refractivity contribution < 1.29 is 9.53 Å². The van der Waals surface area contributed by atoms with Gasteiger partial charge < -0.3 is 9.64 Å². The second-order valence-electron chi connectivity index (χ2n) is 6.90. The van der Waals surface area contributed by atoms with Crippen molar-refractivity contribution >= 4 is 5.91 Å². The van der Waals surface area contributed by atoms with Crippen LogP contribution in [-0.4, -0.2) is 56.0 Å². The molecule has 7 heteroatoms. The third kappa shape index (κ3) is 3.51. The van der Waals surface area contributed by atoms with E-state index in [0.717, 1.165) is 37.9 Å². The van der Waals surface area contributed by atoms with Crippen LogP contribution in [0.3, 0.4) is 0 Å². The molecule has 0 bridgehead atoms. The Morgan fingerprint density at radius 3 is 2.68 bits per heavy atom. The molecule has 4 heterocycles. The number of piperidine rings is 1. The van der Waals surface area contributed by atoms with Crippen LogP contribution in [0, 0.1) is 5.92 Å². The van der Waals surface area contributed by atoms with E-state index >= 15 is 0 Å². The molecular weight excluding hydrogens is 318 g/mol. The third-order valence-corrected chi connectivity index (χ3v) is 5.17. The molecule has 2 aromatic heterocycles. The van der Waals surface area contributed by atoms with Gasteiger partial charge in [-0.15, -0.1) is 0 Å². The van der Waals surface area contributed by atoms with Gasteiger partial charge in [0.2, 0.25) is 0 Å². The maximum Gasteiger partial charge on any atom is 0.274 e. The van der Waals surface area contributed by atoms with E-state index in [4.69, 9.17) is 4.74 Å². The van der Waals surface area contributed by atoms with Gasteiger partial charge in [-0.25, -0.2) is 15.0 Å². The average molecular weight is 339 g/mol. The number of ether oxygens (including phenoxy) is 1. The fraction of sp³-hybridized carbons (Fsp3) is 0.500. The number of rotatable bonds is 3. The first-order valence-corrected chi connectivity index (χ1v) is 8.67. The number of carbonyl (C=O) groups excluding carboxylic acids is 1. The number of likely N-dealkylation sites (tertiary alicyclic amines) is 1. The predicted molar refractivity (Wildman–Crippen MR) is 89.7 cm³/mol. The Hall–Kier alpha value is -2.41. The third-order valence-electron chi connectivity index (χ3n) is 5.17. The summed E-state index contributed by atoms with van der Waals surface area (Å²) in [5.41, 5.74) is 1.48. The summed E-state index contributed by atoms with van der Waals surface area (Å²) in [6, 6.07) is 0. The first-order valence-electron chi connectivity index (χ1n) is 8.67.